The Morgan fingerprint density at radius 3 is 2.76 bits per heavy atom. The second-order valence-electron chi connectivity index (χ2n) is 9.98. The summed E-state index contributed by atoms with van der Waals surface area (Å²) in [5.74, 6) is -0.186. The molecule has 9 atom stereocenters. The van der Waals surface area contributed by atoms with Gasteiger partial charge in [-0.1, -0.05) is 12.2 Å². The number of hydrogen-bond acceptors (Lipinski definition) is 20. The van der Waals surface area contributed by atoms with Crippen molar-refractivity contribution in [3.63, 3.8) is 0 Å². The third kappa shape index (κ3) is 6.43. The molecule has 2 unspecified atom stereocenters. The number of fused-ring (bicyclic) bond motifs is 4. The van der Waals surface area contributed by atoms with Crippen molar-refractivity contribution in [1.29, 1.82) is 0 Å². The van der Waals surface area contributed by atoms with Gasteiger partial charge in [-0.3, -0.25) is 29.3 Å². The van der Waals surface area contributed by atoms with Gasteiger partial charge in [-0.25, -0.2) is 29.4 Å². The largest absolute Gasteiger partial charge is 0.393 e. The molecule has 2 bridgehead atoms. The fraction of sp³-hybridized carbons (Fsp3) is 0.579. The van der Waals surface area contributed by atoms with E-state index in [1.165, 1.54) is 12.1 Å². The molecular formula is C19H29FN12O9P2S2. The Hall–Kier alpha value is -2.44. The maximum absolute atomic E-state index is 16.1. The van der Waals surface area contributed by atoms with Gasteiger partial charge < -0.3 is 40.6 Å². The zero-order valence-electron chi connectivity index (χ0n) is 23.0. The maximum atomic E-state index is 16.1. The maximum Gasteiger partial charge on any atom is 0.386 e. The molecule has 21 nitrogen and oxygen atoms in total. The summed E-state index contributed by atoms with van der Waals surface area (Å²) < 4.78 is 63.8. The van der Waals surface area contributed by atoms with Gasteiger partial charge in [0.15, 0.2) is 41.8 Å². The van der Waals surface area contributed by atoms with E-state index in [9.17, 15) is 14.3 Å². The molecule has 0 saturated carbocycles. The highest BCUT2D eigenvalue weighted by atomic mass is 32.7. The number of aromatic amines is 1. The third-order valence-electron chi connectivity index (χ3n) is 7.08. The standard InChI is InChI=1S/C19H29FN12O9P2S2/c1-24-31(14-10(21)13(22)25-5-26-14)18-9(20)12-8(39-18)4-37-42(34,44)40-7-2-6(3-36-43(35,45)41-12)38-17(7)32-15-11(29-30-32)16(33)28-19(23)27-15/h5-9,12,17-18,24,29-30H,2-4,21H2,1H3,(H,34,44)(H,35,45)(H2,22,25,26)(H3,23,27,28,33)/t6-,7-,8+,9-,12+,17+,18+,42?,43?/m0/s1. The Balaban J connectivity index is 1.26. The first-order valence-corrected chi connectivity index (χ1v) is 18.3. The summed E-state index contributed by atoms with van der Waals surface area (Å²) in [5.41, 5.74) is 25.1. The molecule has 6 rings (SSSR count). The molecule has 4 aliphatic heterocycles. The summed E-state index contributed by atoms with van der Waals surface area (Å²) in [6.07, 6.45) is -8.28. The monoisotopic (exact) mass is 714 g/mol. The first kappa shape index (κ1) is 32.5. The number of H-pyrrole nitrogens is 1. The van der Waals surface area contributed by atoms with Gasteiger partial charge in [0, 0.05) is 13.5 Å². The number of thiol groups is 1. The van der Waals surface area contributed by atoms with E-state index in [-0.39, 0.29) is 47.8 Å². The van der Waals surface area contributed by atoms with Crippen LogP contribution in [-0.4, -0.2) is 88.1 Å². The van der Waals surface area contributed by atoms with E-state index in [4.69, 9.17) is 56.6 Å². The fourth-order valence-corrected chi connectivity index (χ4v) is 8.05. The van der Waals surface area contributed by atoms with E-state index in [1.807, 2.05) is 0 Å². The van der Waals surface area contributed by atoms with E-state index >= 15 is 4.39 Å². The summed E-state index contributed by atoms with van der Waals surface area (Å²) in [6.45, 7) is -9.36. The molecule has 3 saturated heterocycles. The number of halogens is 1. The Morgan fingerprint density at radius 1 is 1.22 bits per heavy atom. The second-order valence-corrected chi connectivity index (χ2v) is 15.6. The van der Waals surface area contributed by atoms with Crippen molar-refractivity contribution in [3.8, 4) is 0 Å². The third-order valence-corrected chi connectivity index (χ3v) is 10.3. The number of hydrazine groups is 3. The predicted octanol–water partition coefficient (Wildman–Crippen LogP) is -1.15. The number of nitrogen functional groups attached to an aromatic ring is 3. The second kappa shape index (κ2) is 12.3. The highest BCUT2D eigenvalue weighted by Gasteiger charge is 2.53. The number of rotatable bonds is 4. The average molecular weight is 715 g/mol. The molecule has 3 fully saturated rings. The number of ether oxygens (including phenoxy) is 2. The van der Waals surface area contributed by atoms with Crippen molar-refractivity contribution < 1.29 is 41.4 Å². The van der Waals surface area contributed by atoms with Gasteiger partial charge in [-0.2, -0.15) is 4.98 Å². The summed E-state index contributed by atoms with van der Waals surface area (Å²) in [6, 6.07) is 0. The highest BCUT2D eigenvalue weighted by Crippen LogP contribution is 2.57. The molecule has 248 valence electrons. The molecule has 0 aliphatic carbocycles. The minimum Gasteiger partial charge on any atom is -0.393 e. The molecule has 0 aromatic carbocycles. The molecular weight excluding hydrogens is 685 g/mol. The van der Waals surface area contributed by atoms with Crippen molar-refractivity contribution in [3.05, 3.63) is 16.7 Å². The first-order chi connectivity index (χ1) is 21.3. The molecule has 0 amide bonds. The Bertz CT molecular complexity index is 1620. The van der Waals surface area contributed by atoms with Crippen LogP contribution in [0.3, 0.4) is 0 Å². The number of nitrogens with zero attached hydrogens (tertiary/aromatic N) is 5. The molecule has 0 spiro atoms. The number of nitrogens with two attached hydrogens (primary N) is 3. The first-order valence-electron chi connectivity index (χ1n) is 13.1. The van der Waals surface area contributed by atoms with Gasteiger partial charge in [0.2, 0.25) is 5.95 Å². The molecule has 26 heteroatoms. The van der Waals surface area contributed by atoms with Crippen LogP contribution < -0.4 is 49.2 Å². The molecule has 2 aromatic heterocycles. The van der Waals surface area contributed by atoms with Crippen LogP contribution in [0.1, 0.15) is 6.42 Å². The minimum atomic E-state index is -4.30. The number of aromatic nitrogens is 4. The van der Waals surface area contributed by atoms with Gasteiger partial charge in [0.05, 0.1) is 19.3 Å². The summed E-state index contributed by atoms with van der Waals surface area (Å²) in [5, 5.41) is 2.43. The van der Waals surface area contributed by atoms with Crippen molar-refractivity contribution in [2.75, 3.05) is 52.9 Å². The lowest BCUT2D eigenvalue weighted by molar-refractivity contribution is -0.0336. The number of hydrogen-bond donors (Lipinski definition) is 9. The zero-order valence-corrected chi connectivity index (χ0v) is 26.5. The van der Waals surface area contributed by atoms with Crippen LogP contribution in [0.2, 0.25) is 0 Å². The normalized spacial score (nSPS) is 36.7. The number of anilines is 6. The lowest BCUT2D eigenvalue weighted by atomic mass is 10.1. The van der Waals surface area contributed by atoms with Crippen molar-refractivity contribution in [1.82, 2.24) is 30.9 Å². The van der Waals surface area contributed by atoms with Crippen LogP contribution in [0.5, 0.6) is 0 Å². The minimum absolute atomic E-state index is 0.0159. The van der Waals surface area contributed by atoms with Crippen LogP contribution in [-0.2, 0) is 43.9 Å². The quantitative estimate of drug-likeness (QED) is 0.103. The smallest absolute Gasteiger partial charge is 0.386 e. The fourth-order valence-electron chi connectivity index (χ4n) is 5.10. The Labute approximate surface area is 263 Å². The Kier molecular flexibility index (Phi) is 8.88. The molecule has 6 heterocycles. The lowest BCUT2D eigenvalue weighted by Gasteiger charge is -2.31. The van der Waals surface area contributed by atoms with E-state index in [2.05, 4.69) is 48.6 Å². The molecule has 2 aromatic rings. The summed E-state index contributed by atoms with van der Waals surface area (Å²) in [4.78, 5) is 37.7. The molecule has 4 aliphatic rings. The van der Waals surface area contributed by atoms with Crippen LogP contribution in [0.4, 0.5) is 39.2 Å². The molecule has 11 N–H and O–H groups in total. The van der Waals surface area contributed by atoms with Crippen LogP contribution in [0.25, 0.3) is 0 Å². The molecule has 45 heavy (non-hydrogen) atoms. The number of alkyl halides is 1. The Morgan fingerprint density at radius 2 is 2.00 bits per heavy atom. The zero-order chi connectivity index (χ0) is 32.3. The van der Waals surface area contributed by atoms with Gasteiger partial charge in [0.1, 0.15) is 30.3 Å². The van der Waals surface area contributed by atoms with Crippen LogP contribution in [0.15, 0.2) is 11.1 Å². The van der Waals surface area contributed by atoms with E-state index in [1.54, 1.807) is 0 Å². The lowest BCUT2D eigenvalue weighted by Crippen LogP contribution is -2.49. The van der Waals surface area contributed by atoms with Crippen LogP contribution in [0, 0.1) is 0 Å². The van der Waals surface area contributed by atoms with Gasteiger partial charge >= 0.3 is 13.5 Å². The number of nitrogens with one attached hydrogen (secondary N) is 4. The topological polar surface area (TPSA) is 285 Å². The predicted molar refractivity (Wildman–Crippen MR) is 162 cm³/mol. The van der Waals surface area contributed by atoms with E-state index in [0.29, 0.717) is 0 Å². The van der Waals surface area contributed by atoms with Gasteiger partial charge in [-0.15, -0.1) is 5.53 Å². The summed E-state index contributed by atoms with van der Waals surface area (Å²) in [7, 11) is 1.45. The summed E-state index contributed by atoms with van der Waals surface area (Å²) >= 11 is 9.32. The average Bonchev–Trinajstić information content (AvgIpc) is 3.65. The van der Waals surface area contributed by atoms with Gasteiger partial charge in [-0.05, 0) is 11.8 Å². The van der Waals surface area contributed by atoms with Crippen LogP contribution >= 0.6 is 25.8 Å². The van der Waals surface area contributed by atoms with E-state index in [0.717, 1.165) is 11.3 Å². The van der Waals surface area contributed by atoms with Crippen molar-refractivity contribution >= 4 is 72.3 Å². The van der Waals surface area contributed by atoms with E-state index < -0.39 is 68.7 Å². The SMILES string of the molecule is CNN(c1ncnc(N)c1N)[C@@H]1O[C@@H]2COP(O)(=S)O[C@H]3C[C@@H](COP(=O)(S)O[C@H]2[C@@H]1F)O[C@H]3N1NNc2c1nc(N)[nH]c2=O. The van der Waals surface area contributed by atoms with Gasteiger partial charge in [0.25, 0.3) is 5.56 Å². The highest BCUT2D eigenvalue weighted by molar-refractivity contribution is 8.44. The van der Waals surface area contributed by atoms with Crippen molar-refractivity contribution in [2.45, 2.75) is 49.5 Å². The molecule has 0 radical (unpaired) electrons. The van der Waals surface area contributed by atoms with Crippen molar-refractivity contribution in [2.24, 2.45) is 0 Å².